The van der Waals surface area contributed by atoms with Gasteiger partial charge in [0.15, 0.2) is 17.3 Å². The van der Waals surface area contributed by atoms with E-state index in [0.717, 1.165) is 6.07 Å². The van der Waals surface area contributed by atoms with E-state index >= 15 is 0 Å². The number of hydrogen-bond donors (Lipinski definition) is 0. The first-order chi connectivity index (χ1) is 14.5. The first-order valence-electron chi connectivity index (χ1n) is 9.26. The highest BCUT2D eigenvalue weighted by atomic mass is 19.1. The van der Waals surface area contributed by atoms with Gasteiger partial charge in [-0.15, -0.1) is 0 Å². The predicted molar refractivity (Wildman–Crippen MR) is 102 cm³/mol. The standard InChI is InChI=1S/C21H19F2N3O4/c1-28-17-6-4-12(7-18(17)29-2)21-24-20(25-30-21)14-8-19(27)26(11-14)10-13-3-5-15(22)9-16(13)23/h3-7,9,14H,8,10-11H2,1-2H3. The van der Waals surface area contributed by atoms with Crippen LogP contribution >= 0.6 is 0 Å². The molecule has 1 aliphatic heterocycles. The number of aromatic nitrogens is 2. The van der Waals surface area contributed by atoms with E-state index in [9.17, 15) is 13.6 Å². The van der Waals surface area contributed by atoms with E-state index < -0.39 is 11.6 Å². The summed E-state index contributed by atoms with van der Waals surface area (Å²) in [5.74, 6) is 0.0266. The van der Waals surface area contributed by atoms with Gasteiger partial charge in [-0.1, -0.05) is 11.2 Å². The second-order valence-electron chi connectivity index (χ2n) is 6.94. The van der Waals surface area contributed by atoms with Crippen molar-refractivity contribution < 1.29 is 27.6 Å². The number of hydrogen-bond acceptors (Lipinski definition) is 6. The SMILES string of the molecule is COc1ccc(-c2nc(C3CC(=O)N(Cc4ccc(F)cc4F)C3)no2)cc1OC. The molecule has 0 spiro atoms. The molecule has 1 aromatic heterocycles. The molecule has 1 unspecified atom stereocenters. The lowest BCUT2D eigenvalue weighted by molar-refractivity contribution is -0.128. The molecule has 0 aliphatic carbocycles. The van der Waals surface area contributed by atoms with Gasteiger partial charge in [0.2, 0.25) is 5.91 Å². The summed E-state index contributed by atoms with van der Waals surface area (Å²) in [6.07, 6.45) is 0.188. The molecule has 2 aromatic carbocycles. The van der Waals surface area contributed by atoms with Gasteiger partial charge < -0.3 is 18.9 Å². The monoisotopic (exact) mass is 415 g/mol. The zero-order valence-corrected chi connectivity index (χ0v) is 16.4. The number of nitrogens with zero attached hydrogens (tertiary/aromatic N) is 3. The van der Waals surface area contributed by atoms with E-state index in [-0.39, 0.29) is 30.4 Å². The van der Waals surface area contributed by atoms with Crippen LogP contribution in [-0.4, -0.2) is 41.7 Å². The largest absolute Gasteiger partial charge is 0.493 e. The molecule has 9 heteroatoms. The summed E-state index contributed by atoms with van der Waals surface area (Å²) < 4.78 is 42.9. The molecular formula is C21H19F2N3O4. The minimum Gasteiger partial charge on any atom is -0.493 e. The van der Waals surface area contributed by atoms with Crippen molar-refractivity contribution in [2.24, 2.45) is 0 Å². The van der Waals surface area contributed by atoms with Crippen molar-refractivity contribution >= 4 is 5.91 Å². The minimum atomic E-state index is -0.679. The average molecular weight is 415 g/mol. The lowest BCUT2D eigenvalue weighted by atomic mass is 10.1. The maximum Gasteiger partial charge on any atom is 0.258 e. The van der Waals surface area contributed by atoms with Crippen LogP contribution in [0.5, 0.6) is 11.5 Å². The van der Waals surface area contributed by atoms with Gasteiger partial charge in [0.1, 0.15) is 11.6 Å². The smallest absolute Gasteiger partial charge is 0.258 e. The molecule has 0 bridgehead atoms. The van der Waals surface area contributed by atoms with Crippen molar-refractivity contribution in [3.8, 4) is 23.0 Å². The third-order valence-electron chi connectivity index (χ3n) is 5.03. The highest BCUT2D eigenvalue weighted by Gasteiger charge is 2.34. The summed E-state index contributed by atoms with van der Waals surface area (Å²) in [6, 6.07) is 8.54. The molecule has 0 saturated carbocycles. The molecule has 4 rings (SSSR count). The molecule has 0 radical (unpaired) electrons. The van der Waals surface area contributed by atoms with Crippen LogP contribution in [0, 0.1) is 11.6 Å². The summed E-state index contributed by atoms with van der Waals surface area (Å²) in [4.78, 5) is 18.3. The Kier molecular flexibility index (Phi) is 5.35. The Labute approximate surface area is 171 Å². The number of carbonyl (C=O) groups is 1. The van der Waals surface area contributed by atoms with Crippen LogP contribution in [0.25, 0.3) is 11.5 Å². The maximum absolute atomic E-state index is 13.9. The molecule has 1 amide bonds. The second kappa shape index (κ2) is 8.10. The fraction of sp³-hybridized carbons (Fsp3) is 0.286. The summed E-state index contributed by atoms with van der Waals surface area (Å²) in [7, 11) is 3.08. The minimum absolute atomic E-state index is 0.0574. The van der Waals surface area contributed by atoms with Crippen LogP contribution in [0.3, 0.4) is 0 Å². The van der Waals surface area contributed by atoms with E-state index in [1.807, 2.05) is 0 Å². The number of methoxy groups -OCH3 is 2. The summed E-state index contributed by atoms with van der Waals surface area (Å²) >= 11 is 0. The fourth-order valence-electron chi connectivity index (χ4n) is 3.44. The van der Waals surface area contributed by atoms with Crippen molar-refractivity contribution in [1.82, 2.24) is 15.0 Å². The molecule has 0 N–H and O–H groups in total. The van der Waals surface area contributed by atoms with Gasteiger partial charge in [0, 0.05) is 42.6 Å². The van der Waals surface area contributed by atoms with Crippen LogP contribution in [0.2, 0.25) is 0 Å². The number of benzene rings is 2. The Morgan fingerprint density at radius 3 is 2.67 bits per heavy atom. The van der Waals surface area contributed by atoms with E-state index in [1.165, 1.54) is 24.1 Å². The van der Waals surface area contributed by atoms with Crippen molar-refractivity contribution in [2.75, 3.05) is 20.8 Å². The van der Waals surface area contributed by atoms with Crippen molar-refractivity contribution in [2.45, 2.75) is 18.9 Å². The van der Waals surface area contributed by atoms with Crippen LogP contribution in [0.4, 0.5) is 8.78 Å². The van der Waals surface area contributed by atoms with Crippen LogP contribution in [-0.2, 0) is 11.3 Å². The Morgan fingerprint density at radius 2 is 1.93 bits per heavy atom. The van der Waals surface area contributed by atoms with Gasteiger partial charge in [-0.05, 0) is 24.3 Å². The van der Waals surface area contributed by atoms with Crippen LogP contribution in [0.15, 0.2) is 40.9 Å². The Morgan fingerprint density at radius 1 is 1.13 bits per heavy atom. The molecular weight excluding hydrogens is 396 g/mol. The van der Waals surface area contributed by atoms with E-state index in [2.05, 4.69) is 10.1 Å². The fourth-order valence-corrected chi connectivity index (χ4v) is 3.44. The molecule has 1 atom stereocenters. The maximum atomic E-state index is 13.9. The number of rotatable bonds is 6. The molecule has 2 heterocycles. The summed E-state index contributed by atoms with van der Waals surface area (Å²) in [5, 5.41) is 4.02. The zero-order chi connectivity index (χ0) is 21.3. The number of carbonyl (C=O) groups excluding carboxylic acids is 1. The topological polar surface area (TPSA) is 77.7 Å². The van der Waals surface area contributed by atoms with Crippen molar-refractivity contribution in [1.29, 1.82) is 0 Å². The summed E-state index contributed by atoms with van der Waals surface area (Å²) in [6.45, 7) is 0.377. The second-order valence-corrected chi connectivity index (χ2v) is 6.94. The molecule has 30 heavy (non-hydrogen) atoms. The third-order valence-corrected chi connectivity index (χ3v) is 5.03. The normalized spacial score (nSPS) is 16.2. The zero-order valence-electron chi connectivity index (χ0n) is 16.4. The first kappa shape index (κ1) is 19.8. The molecule has 1 aliphatic rings. The quantitative estimate of drug-likeness (QED) is 0.613. The van der Waals surface area contributed by atoms with E-state index in [0.29, 0.717) is 35.3 Å². The van der Waals surface area contributed by atoms with E-state index in [4.69, 9.17) is 14.0 Å². The Bertz CT molecular complexity index is 1090. The van der Waals surface area contributed by atoms with Crippen LogP contribution < -0.4 is 9.47 Å². The predicted octanol–water partition coefficient (Wildman–Crippen LogP) is 3.55. The molecule has 7 nitrogen and oxygen atoms in total. The Balaban J connectivity index is 1.49. The number of likely N-dealkylation sites (tertiary alicyclic amines) is 1. The van der Waals surface area contributed by atoms with E-state index in [1.54, 1.807) is 25.3 Å². The first-order valence-corrected chi connectivity index (χ1v) is 9.26. The van der Waals surface area contributed by atoms with Crippen molar-refractivity contribution in [3.63, 3.8) is 0 Å². The number of ether oxygens (including phenoxy) is 2. The average Bonchev–Trinajstić information content (AvgIpc) is 3.37. The highest BCUT2D eigenvalue weighted by Crippen LogP contribution is 2.33. The molecule has 1 fully saturated rings. The lowest BCUT2D eigenvalue weighted by Crippen LogP contribution is -2.25. The van der Waals surface area contributed by atoms with Crippen LogP contribution in [0.1, 0.15) is 23.7 Å². The van der Waals surface area contributed by atoms with Gasteiger partial charge in [-0.2, -0.15) is 4.98 Å². The van der Waals surface area contributed by atoms with Gasteiger partial charge in [-0.3, -0.25) is 4.79 Å². The highest BCUT2D eigenvalue weighted by molar-refractivity contribution is 5.79. The van der Waals surface area contributed by atoms with Gasteiger partial charge in [-0.25, -0.2) is 8.78 Å². The lowest BCUT2D eigenvalue weighted by Gasteiger charge is -2.16. The Hall–Kier alpha value is -3.49. The molecule has 3 aromatic rings. The molecule has 1 saturated heterocycles. The number of halogens is 2. The van der Waals surface area contributed by atoms with Gasteiger partial charge in [0.05, 0.1) is 14.2 Å². The number of amides is 1. The van der Waals surface area contributed by atoms with Gasteiger partial charge >= 0.3 is 0 Å². The van der Waals surface area contributed by atoms with Crippen molar-refractivity contribution in [3.05, 3.63) is 59.4 Å². The third kappa shape index (κ3) is 3.83. The summed E-state index contributed by atoms with van der Waals surface area (Å²) in [5.41, 5.74) is 0.908. The van der Waals surface area contributed by atoms with Gasteiger partial charge in [0.25, 0.3) is 5.89 Å². The molecule has 156 valence electrons.